The maximum Gasteiger partial charge on any atom is 0.102 e. The molecule has 0 bridgehead atoms. The number of nitrogens with zero attached hydrogens (tertiary/aromatic N) is 9. The normalized spacial score (nSPS) is 11.8. The van der Waals surface area contributed by atoms with Crippen molar-refractivity contribution < 1.29 is 60.3 Å². The van der Waals surface area contributed by atoms with Gasteiger partial charge in [0.1, 0.15) is 5.82 Å². The average molecular weight is 1530 g/mol. The van der Waals surface area contributed by atoms with E-state index in [0.717, 1.165) is 100.0 Å². The Kier molecular flexibility index (Phi) is 18.9. The van der Waals surface area contributed by atoms with E-state index in [-0.39, 0.29) is 104 Å². The molecule has 0 amide bonds. The summed E-state index contributed by atoms with van der Waals surface area (Å²) >= 11 is 0. The smallest absolute Gasteiger partial charge is 0.102 e. The van der Waals surface area contributed by atoms with E-state index < -0.39 is 0 Å². The van der Waals surface area contributed by atoms with Crippen LogP contribution in [0.4, 0.5) is 0 Å². The van der Waals surface area contributed by atoms with Crippen LogP contribution in [0.5, 0.6) is 0 Å². The van der Waals surface area contributed by atoms with Crippen molar-refractivity contribution in [2.45, 2.75) is 141 Å². The van der Waals surface area contributed by atoms with Crippen molar-refractivity contribution in [2.24, 2.45) is 0 Å². The number of aryl methyl sites for hydroxylation is 2. The molecular formula is C63H72Ir3N9-3. The number of rotatable bonds is 0. The van der Waals surface area contributed by atoms with Gasteiger partial charge in [-0.2, -0.15) is 0 Å². The zero-order valence-electron chi connectivity index (χ0n) is 43.4. The van der Waals surface area contributed by atoms with Crippen molar-refractivity contribution in [1.82, 2.24) is 43.1 Å². The maximum atomic E-state index is 4.96. The zero-order chi connectivity index (χ0) is 48.9. The van der Waals surface area contributed by atoms with Crippen molar-refractivity contribution in [3.63, 3.8) is 0 Å². The van der Waals surface area contributed by atoms with Gasteiger partial charge in [0, 0.05) is 76.8 Å². The standard InChI is InChI=1S/C22H24N3.C20H20N3.C18H16N3.3CH4.3Ir/c1-21(2,3)18-12-11-14-16(23-18)13-19(22(4,5)6)25-17-10-8-7-9-15(17)24-20(14)25;1-12-10-16-17(11-13(12)2)23-9-8-15-14(19(23)22-16)6-7-18(21-15)20(3,4)5;1-18(2,3)17-20-13-9-5-4-8-12(13)16-19-14-10-6-7-11-15(14)21(16)17;;;;;;/h7-10,12-13H,1-6H3;7-11H,1-5H3;4-7,9-11H,1-3H3;3*1H4;;;/q3*-1;;;;;;. The van der Waals surface area contributed by atoms with Crippen LogP contribution in [0.3, 0.4) is 0 Å². The third kappa shape index (κ3) is 11.5. The van der Waals surface area contributed by atoms with Crippen LogP contribution in [-0.2, 0) is 82.0 Å². The molecule has 4 aromatic carbocycles. The Morgan fingerprint density at radius 3 is 1.43 bits per heavy atom. The van der Waals surface area contributed by atoms with Crippen molar-refractivity contribution in [3.05, 3.63) is 162 Å². The molecule has 0 aliphatic rings. The first-order chi connectivity index (χ1) is 32.6. The third-order valence-electron chi connectivity index (χ3n) is 12.9. The fourth-order valence-corrected chi connectivity index (χ4v) is 9.00. The molecule has 0 saturated heterocycles. The fourth-order valence-electron chi connectivity index (χ4n) is 9.00. The molecule has 0 aliphatic heterocycles. The number of imidazole rings is 3. The summed E-state index contributed by atoms with van der Waals surface area (Å²) in [6.45, 7) is 30.6. The Bertz CT molecular complexity index is 3990. The van der Waals surface area contributed by atoms with Crippen LogP contribution in [-0.4, -0.2) is 43.1 Å². The molecule has 9 nitrogen and oxygen atoms in total. The minimum absolute atomic E-state index is 0. The first-order valence-electron chi connectivity index (χ1n) is 23.9. The van der Waals surface area contributed by atoms with Gasteiger partial charge in [0.05, 0.1) is 50.0 Å². The van der Waals surface area contributed by atoms with E-state index in [4.69, 9.17) is 29.9 Å². The summed E-state index contributed by atoms with van der Waals surface area (Å²) in [4.78, 5) is 29.2. The van der Waals surface area contributed by atoms with Gasteiger partial charge in [0.2, 0.25) is 0 Å². The molecule has 0 N–H and O–H groups in total. The van der Waals surface area contributed by atoms with Crippen LogP contribution >= 0.6 is 0 Å². The monoisotopic (exact) mass is 1530 g/mol. The quantitative estimate of drug-likeness (QED) is 0.141. The molecule has 75 heavy (non-hydrogen) atoms. The topological polar surface area (TPSA) is 90.6 Å². The molecule has 0 unspecified atom stereocenters. The SMILES string of the molecule is C.C.C.CC(C)(C)c1c[c-]c2c(cc(C(C)(C)C)n3c4ccccc4nc23)n1.CC(C)(C)c1nc2ccc[c-]c2c2nc3ccccc3n12.Cc1cc2nc3c4[c-]cc(C(C)(C)C)nc4ccn3c2cc1C.[Ir].[Ir].[Ir]. The van der Waals surface area contributed by atoms with Crippen LogP contribution in [0, 0.1) is 32.0 Å². The van der Waals surface area contributed by atoms with E-state index in [9.17, 15) is 0 Å². The van der Waals surface area contributed by atoms with Gasteiger partial charge in [0.15, 0.2) is 0 Å². The fraction of sp³-hybridized carbons (Fsp3) is 0.333. The van der Waals surface area contributed by atoms with E-state index in [1.54, 1.807) is 0 Å². The largest absolute Gasteiger partial charge is 0.348 e. The second kappa shape index (κ2) is 22.7. The molecule has 399 valence electrons. The van der Waals surface area contributed by atoms with Gasteiger partial charge < -0.3 is 23.2 Å². The van der Waals surface area contributed by atoms with Crippen LogP contribution in [0.1, 0.15) is 139 Å². The predicted molar refractivity (Wildman–Crippen MR) is 305 cm³/mol. The van der Waals surface area contributed by atoms with E-state index in [0.29, 0.717) is 0 Å². The zero-order valence-corrected chi connectivity index (χ0v) is 50.6. The van der Waals surface area contributed by atoms with Gasteiger partial charge in [-0.1, -0.05) is 158 Å². The van der Waals surface area contributed by atoms with E-state index in [1.807, 2.05) is 54.6 Å². The molecule has 12 rings (SSSR count). The van der Waals surface area contributed by atoms with Crippen LogP contribution in [0.2, 0.25) is 0 Å². The van der Waals surface area contributed by atoms with Crippen LogP contribution in [0.15, 0.2) is 109 Å². The first kappa shape index (κ1) is 62.2. The van der Waals surface area contributed by atoms with Gasteiger partial charge in [-0.05, 0) is 106 Å². The Balaban J connectivity index is 0.000000235. The summed E-state index contributed by atoms with van der Waals surface area (Å²) in [7, 11) is 0. The predicted octanol–water partition coefficient (Wildman–Crippen LogP) is 16.2. The summed E-state index contributed by atoms with van der Waals surface area (Å²) in [6.07, 6.45) is 2.06. The number of benzene rings is 4. The summed E-state index contributed by atoms with van der Waals surface area (Å²) in [6, 6.07) is 45.2. The van der Waals surface area contributed by atoms with Gasteiger partial charge >= 0.3 is 0 Å². The molecule has 0 fully saturated rings. The number of hydrogen-bond acceptors (Lipinski definition) is 6. The molecule has 0 atom stereocenters. The summed E-state index contributed by atoms with van der Waals surface area (Å²) in [5.74, 6) is 1.03. The number of fused-ring (bicyclic) bond motifs is 15. The molecule has 0 spiro atoms. The second-order valence-corrected chi connectivity index (χ2v) is 22.6. The number of hydrogen-bond donors (Lipinski definition) is 0. The van der Waals surface area contributed by atoms with Gasteiger partial charge in [-0.15, -0.1) is 48.5 Å². The van der Waals surface area contributed by atoms with Crippen molar-refractivity contribution in [2.75, 3.05) is 0 Å². The van der Waals surface area contributed by atoms with Crippen LogP contribution in [0.25, 0.3) is 82.8 Å². The van der Waals surface area contributed by atoms with Gasteiger partial charge in [0.25, 0.3) is 0 Å². The molecule has 12 heteroatoms. The van der Waals surface area contributed by atoms with E-state index in [1.165, 1.54) is 16.8 Å². The van der Waals surface area contributed by atoms with E-state index in [2.05, 4.69) is 183 Å². The third-order valence-corrected chi connectivity index (χ3v) is 12.9. The Hall–Kier alpha value is -5.31. The number of aromatic nitrogens is 9. The molecule has 12 aromatic rings. The molecule has 0 saturated carbocycles. The summed E-state index contributed by atoms with van der Waals surface area (Å²) in [5, 5.41) is 2.94. The Morgan fingerprint density at radius 2 is 0.867 bits per heavy atom. The van der Waals surface area contributed by atoms with Crippen LogP contribution < -0.4 is 0 Å². The van der Waals surface area contributed by atoms with Gasteiger partial charge in [-0.25, -0.2) is 0 Å². The molecule has 8 aromatic heterocycles. The van der Waals surface area contributed by atoms with E-state index >= 15 is 0 Å². The molecule has 0 aliphatic carbocycles. The van der Waals surface area contributed by atoms with Gasteiger partial charge in [-0.3, -0.25) is 19.9 Å². The summed E-state index contributed by atoms with van der Waals surface area (Å²) < 4.78 is 6.58. The number of para-hydroxylation sites is 4. The van der Waals surface area contributed by atoms with Crippen molar-refractivity contribution >= 4 is 82.8 Å². The van der Waals surface area contributed by atoms with Crippen molar-refractivity contribution in [1.29, 1.82) is 0 Å². The minimum Gasteiger partial charge on any atom is -0.348 e. The molecule has 3 radical (unpaired) electrons. The maximum absolute atomic E-state index is 4.96. The molecular weight excluding hydrogens is 1460 g/mol. The second-order valence-electron chi connectivity index (χ2n) is 22.6. The van der Waals surface area contributed by atoms with Crippen molar-refractivity contribution in [3.8, 4) is 0 Å². The Labute approximate surface area is 484 Å². The first-order valence-corrected chi connectivity index (χ1v) is 23.9. The Morgan fingerprint density at radius 1 is 0.400 bits per heavy atom. The summed E-state index contributed by atoms with van der Waals surface area (Å²) in [5.41, 5.74) is 17.9. The number of pyridine rings is 4. The minimum atomic E-state index is -0.0637. The average Bonchev–Trinajstić information content (AvgIpc) is 3.99. The molecule has 8 heterocycles.